The summed E-state index contributed by atoms with van der Waals surface area (Å²) < 4.78 is 5.49. The van der Waals surface area contributed by atoms with Gasteiger partial charge in [-0.2, -0.15) is 0 Å². The second kappa shape index (κ2) is 8.60. The van der Waals surface area contributed by atoms with Gasteiger partial charge in [0.15, 0.2) is 0 Å². The van der Waals surface area contributed by atoms with Crippen LogP contribution in [0.5, 0.6) is 0 Å². The van der Waals surface area contributed by atoms with Gasteiger partial charge in [0.1, 0.15) is 12.6 Å². The molecule has 1 saturated heterocycles. The summed E-state index contributed by atoms with van der Waals surface area (Å²) in [6, 6.07) is 6.87. The minimum atomic E-state index is -0.532. The number of nitrogens with one attached hydrogen (secondary N) is 2. The number of rotatable bonds is 5. The van der Waals surface area contributed by atoms with Crippen LogP contribution in [0.15, 0.2) is 24.3 Å². The molecule has 8 heteroatoms. The summed E-state index contributed by atoms with van der Waals surface area (Å²) in [7, 11) is 1.56. The van der Waals surface area contributed by atoms with E-state index in [1.807, 2.05) is 38.1 Å². The van der Waals surface area contributed by atoms with Crippen molar-refractivity contribution in [1.29, 1.82) is 0 Å². The van der Waals surface area contributed by atoms with Crippen molar-refractivity contribution in [3.8, 4) is 0 Å². The van der Waals surface area contributed by atoms with Crippen molar-refractivity contribution in [2.45, 2.75) is 39.0 Å². The van der Waals surface area contributed by atoms with Crippen molar-refractivity contribution in [2.75, 3.05) is 32.1 Å². The molecule has 2 heterocycles. The van der Waals surface area contributed by atoms with Crippen LogP contribution in [0.2, 0.25) is 0 Å². The van der Waals surface area contributed by atoms with Gasteiger partial charge < -0.3 is 25.2 Å². The van der Waals surface area contributed by atoms with Crippen LogP contribution in [0.25, 0.3) is 0 Å². The van der Waals surface area contributed by atoms with Crippen molar-refractivity contribution in [2.24, 2.45) is 5.92 Å². The van der Waals surface area contributed by atoms with E-state index >= 15 is 0 Å². The van der Waals surface area contributed by atoms with Gasteiger partial charge in [0, 0.05) is 12.7 Å². The summed E-state index contributed by atoms with van der Waals surface area (Å²) in [5.74, 6) is -0.317. The Morgan fingerprint density at radius 3 is 2.71 bits per heavy atom. The highest BCUT2D eigenvalue weighted by Gasteiger charge is 2.41. The maximum Gasteiger partial charge on any atom is 0.321 e. The lowest BCUT2D eigenvalue weighted by atomic mass is 9.96. The summed E-state index contributed by atoms with van der Waals surface area (Å²) in [6.45, 7) is 5.21. The van der Waals surface area contributed by atoms with Crippen molar-refractivity contribution in [3.05, 3.63) is 29.8 Å². The molecule has 2 atom stereocenters. The first-order valence-corrected chi connectivity index (χ1v) is 9.71. The predicted molar refractivity (Wildman–Crippen MR) is 105 cm³/mol. The molecule has 2 aliphatic heterocycles. The molecule has 4 amide bonds. The Labute approximate surface area is 165 Å². The molecule has 0 aliphatic carbocycles. The number of hydrogen-bond acceptors (Lipinski definition) is 4. The van der Waals surface area contributed by atoms with Crippen molar-refractivity contribution >= 4 is 23.5 Å². The smallest absolute Gasteiger partial charge is 0.321 e. The average Bonchev–Trinajstić information content (AvgIpc) is 2.81. The number of likely N-dealkylation sites (tertiary alicyclic amines) is 1. The van der Waals surface area contributed by atoms with E-state index in [2.05, 4.69) is 10.6 Å². The molecule has 0 saturated carbocycles. The fourth-order valence-electron chi connectivity index (χ4n) is 3.53. The fraction of sp³-hybridized carbons (Fsp3) is 0.550. The number of urea groups is 1. The molecule has 2 unspecified atom stereocenters. The number of ether oxygens (including phenoxy) is 1. The van der Waals surface area contributed by atoms with Gasteiger partial charge in [-0.05, 0) is 17.5 Å². The monoisotopic (exact) mass is 388 g/mol. The molecular weight excluding hydrogens is 360 g/mol. The Morgan fingerprint density at radius 2 is 2.04 bits per heavy atom. The number of amides is 4. The Kier molecular flexibility index (Phi) is 6.18. The van der Waals surface area contributed by atoms with Gasteiger partial charge in [0.2, 0.25) is 11.8 Å². The van der Waals surface area contributed by atoms with E-state index in [0.29, 0.717) is 19.6 Å². The number of likely N-dealkylation sites (N-methyl/N-ethyl adjacent to an activating group) is 1. The van der Waals surface area contributed by atoms with Crippen molar-refractivity contribution in [1.82, 2.24) is 15.1 Å². The third-order valence-corrected chi connectivity index (χ3v) is 5.50. The molecule has 0 spiro atoms. The molecule has 8 nitrogen and oxygen atoms in total. The zero-order chi connectivity index (χ0) is 20.3. The molecule has 1 fully saturated rings. The first-order valence-electron chi connectivity index (χ1n) is 9.71. The maximum absolute atomic E-state index is 13.2. The van der Waals surface area contributed by atoms with Crippen LogP contribution in [0, 0.1) is 5.92 Å². The Bertz CT molecular complexity index is 747. The first-order chi connectivity index (χ1) is 13.4. The topological polar surface area (TPSA) is 91.0 Å². The predicted octanol–water partition coefficient (Wildman–Crippen LogP) is 1.42. The van der Waals surface area contributed by atoms with E-state index in [9.17, 15) is 14.4 Å². The van der Waals surface area contributed by atoms with Crippen LogP contribution < -0.4 is 10.6 Å². The fourth-order valence-corrected chi connectivity index (χ4v) is 3.53. The SMILES string of the molecule is CCC(C)C1C(=O)Nc2ccccc2CN1C(=O)N1CC(OCC(=O)NC)C1. The van der Waals surface area contributed by atoms with Crippen LogP contribution in [-0.2, 0) is 20.9 Å². The lowest BCUT2D eigenvalue weighted by Gasteiger charge is -2.43. The highest BCUT2D eigenvalue weighted by molar-refractivity contribution is 5.99. The normalized spacial score (nSPS) is 20.5. The number of benzene rings is 1. The zero-order valence-electron chi connectivity index (χ0n) is 16.6. The molecule has 3 rings (SSSR count). The van der Waals surface area contributed by atoms with Crippen LogP contribution in [-0.4, -0.2) is 66.5 Å². The molecule has 2 N–H and O–H groups in total. The van der Waals surface area contributed by atoms with Crippen LogP contribution in [0.4, 0.5) is 10.5 Å². The molecule has 0 radical (unpaired) electrons. The number of para-hydroxylation sites is 1. The van der Waals surface area contributed by atoms with Gasteiger partial charge in [-0.15, -0.1) is 0 Å². The van der Waals surface area contributed by atoms with E-state index in [1.165, 1.54) is 0 Å². The zero-order valence-corrected chi connectivity index (χ0v) is 16.6. The Balaban J connectivity index is 1.72. The van der Waals surface area contributed by atoms with Gasteiger partial charge in [0.25, 0.3) is 0 Å². The molecule has 1 aromatic rings. The highest BCUT2D eigenvalue weighted by Crippen LogP contribution is 2.29. The van der Waals surface area contributed by atoms with E-state index in [-0.39, 0.29) is 36.5 Å². The van der Waals surface area contributed by atoms with Crippen LogP contribution in [0.3, 0.4) is 0 Å². The van der Waals surface area contributed by atoms with E-state index in [4.69, 9.17) is 4.74 Å². The average molecular weight is 388 g/mol. The first kappa shape index (κ1) is 20.1. The number of carbonyl (C=O) groups is 3. The largest absolute Gasteiger partial charge is 0.365 e. The van der Waals surface area contributed by atoms with Gasteiger partial charge in [0.05, 0.1) is 25.7 Å². The second-order valence-corrected chi connectivity index (χ2v) is 7.40. The van der Waals surface area contributed by atoms with Crippen LogP contribution in [0.1, 0.15) is 25.8 Å². The van der Waals surface area contributed by atoms with Gasteiger partial charge >= 0.3 is 6.03 Å². The summed E-state index contributed by atoms with van der Waals surface area (Å²) in [6.07, 6.45) is 0.632. The highest BCUT2D eigenvalue weighted by atomic mass is 16.5. The van der Waals surface area contributed by atoms with Crippen molar-refractivity contribution in [3.63, 3.8) is 0 Å². The standard InChI is InChI=1S/C20H28N4O4/c1-4-13(2)18-19(26)22-16-8-6-5-7-14(16)9-24(18)20(27)23-10-15(11-23)28-12-17(25)21-3/h5-8,13,15,18H,4,9-12H2,1-3H3,(H,21,25)(H,22,26). The van der Waals surface area contributed by atoms with E-state index in [0.717, 1.165) is 17.7 Å². The third-order valence-electron chi connectivity index (χ3n) is 5.50. The van der Waals surface area contributed by atoms with Gasteiger partial charge in [-0.25, -0.2) is 4.79 Å². The molecular formula is C20H28N4O4. The minimum absolute atomic E-state index is 0.0157. The molecule has 28 heavy (non-hydrogen) atoms. The summed E-state index contributed by atoms with van der Waals surface area (Å²) >= 11 is 0. The number of nitrogens with zero attached hydrogens (tertiary/aromatic N) is 2. The molecule has 0 bridgehead atoms. The number of hydrogen-bond donors (Lipinski definition) is 2. The van der Waals surface area contributed by atoms with Gasteiger partial charge in [-0.1, -0.05) is 38.5 Å². The molecule has 2 aliphatic rings. The minimum Gasteiger partial charge on any atom is -0.365 e. The lowest BCUT2D eigenvalue weighted by molar-refractivity contribution is -0.131. The molecule has 0 aromatic heterocycles. The lowest BCUT2D eigenvalue weighted by Crippen LogP contribution is -2.61. The summed E-state index contributed by atoms with van der Waals surface area (Å²) in [5, 5.41) is 5.48. The molecule has 152 valence electrons. The summed E-state index contributed by atoms with van der Waals surface area (Å²) in [5.41, 5.74) is 1.68. The second-order valence-electron chi connectivity index (χ2n) is 7.40. The number of fused-ring (bicyclic) bond motifs is 1. The Hall–Kier alpha value is -2.61. The number of anilines is 1. The van der Waals surface area contributed by atoms with E-state index in [1.54, 1.807) is 16.8 Å². The van der Waals surface area contributed by atoms with Crippen LogP contribution >= 0.6 is 0 Å². The van der Waals surface area contributed by atoms with Crippen molar-refractivity contribution < 1.29 is 19.1 Å². The van der Waals surface area contributed by atoms with Gasteiger partial charge in [-0.3, -0.25) is 9.59 Å². The number of carbonyl (C=O) groups excluding carboxylic acids is 3. The third kappa shape index (κ3) is 4.11. The quantitative estimate of drug-likeness (QED) is 0.798. The summed E-state index contributed by atoms with van der Waals surface area (Å²) in [4.78, 5) is 40.7. The Morgan fingerprint density at radius 1 is 1.32 bits per heavy atom. The van der Waals surface area contributed by atoms with E-state index < -0.39 is 6.04 Å². The maximum atomic E-state index is 13.2. The molecule has 1 aromatic carbocycles.